The molecule has 42 heavy (non-hydrogen) atoms. The molecule has 3 N–H and O–H groups in total. The highest BCUT2D eigenvalue weighted by Crippen LogP contribution is 2.35. The van der Waals surface area contributed by atoms with Crippen molar-refractivity contribution >= 4 is 27.9 Å². The van der Waals surface area contributed by atoms with Gasteiger partial charge in [0.1, 0.15) is 34.2 Å². The zero-order chi connectivity index (χ0) is 29.8. The monoisotopic (exact) mass is 594 g/mol. The van der Waals surface area contributed by atoms with E-state index in [2.05, 4.69) is 27.1 Å². The number of pyridine rings is 3. The lowest BCUT2D eigenvalue weighted by atomic mass is 10.00. The molecule has 1 saturated heterocycles. The minimum Gasteiger partial charge on any atom is -0.494 e. The van der Waals surface area contributed by atoms with E-state index < -0.39 is 23.6 Å². The summed E-state index contributed by atoms with van der Waals surface area (Å²) in [6.45, 7) is 0.855. The summed E-state index contributed by atoms with van der Waals surface area (Å²) < 4.78 is 44.5. The lowest BCUT2D eigenvalue weighted by Crippen LogP contribution is -2.38. The Hall–Kier alpha value is -4.61. The molecule has 0 bridgehead atoms. The van der Waals surface area contributed by atoms with E-state index in [1.165, 1.54) is 36.2 Å². The number of rotatable bonds is 7. The fraction of sp³-hybridized carbons (Fsp3) is 0.286. The molecule has 1 aliphatic heterocycles. The van der Waals surface area contributed by atoms with Crippen LogP contribution in [0, 0.1) is 28.6 Å². The summed E-state index contributed by atoms with van der Waals surface area (Å²) in [6, 6.07) is 5.32. The molecule has 0 aromatic carbocycles. The Morgan fingerprint density at radius 1 is 1.19 bits per heavy atom. The normalized spacial score (nSPS) is 14.4. The number of methoxy groups -OCH3 is 1. The lowest BCUT2D eigenvalue weighted by Gasteiger charge is -2.26. The average Bonchev–Trinajstić information content (AvgIpc) is 3.78. The lowest BCUT2D eigenvalue weighted by molar-refractivity contribution is -0.0797. The molecule has 14 heteroatoms. The summed E-state index contributed by atoms with van der Waals surface area (Å²) >= 11 is 0.663. The van der Waals surface area contributed by atoms with E-state index in [4.69, 9.17) is 25.0 Å². The van der Waals surface area contributed by atoms with E-state index in [1.807, 2.05) is 0 Å². The fourth-order valence-corrected chi connectivity index (χ4v) is 4.31. The van der Waals surface area contributed by atoms with Gasteiger partial charge >= 0.3 is 0 Å². The molecule has 1 aliphatic carbocycles. The van der Waals surface area contributed by atoms with Crippen LogP contribution in [-0.2, 0) is 4.74 Å². The van der Waals surface area contributed by atoms with E-state index in [0.29, 0.717) is 30.7 Å². The molecule has 1 saturated carbocycles. The molecule has 2 fully saturated rings. The van der Waals surface area contributed by atoms with Gasteiger partial charge in [-0.15, -0.1) is 0 Å². The highest BCUT2D eigenvalue weighted by atomic mass is 32.2. The van der Waals surface area contributed by atoms with Crippen molar-refractivity contribution in [2.24, 2.45) is 5.92 Å². The number of nitrogens with one attached hydrogen (secondary N) is 3. The van der Waals surface area contributed by atoms with Crippen LogP contribution in [0.15, 0.2) is 47.7 Å². The first-order valence-corrected chi connectivity index (χ1v) is 13.5. The number of nitrogens with zero attached hydrogens (tertiary/aromatic N) is 3. The van der Waals surface area contributed by atoms with Gasteiger partial charge in [-0.05, 0) is 48.7 Å². The summed E-state index contributed by atoms with van der Waals surface area (Å²) in [5, 5.41) is 18.0. The Kier molecular flexibility index (Phi) is 8.60. The van der Waals surface area contributed by atoms with Crippen LogP contribution in [-0.4, -0.2) is 57.1 Å². The van der Waals surface area contributed by atoms with E-state index in [0.717, 1.165) is 25.1 Å². The smallest absolute Gasteiger partial charge is 0.280 e. The molecule has 5 rings (SSSR count). The molecule has 11 nitrogen and oxygen atoms in total. The number of halogens is 2. The Bertz CT molecular complexity index is 1680. The number of carbonyl (C=O) groups excluding carboxylic acids is 1. The van der Waals surface area contributed by atoms with Crippen LogP contribution in [0.25, 0.3) is 16.9 Å². The molecule has 0 spiro atoms. The Balaban J connectivity index is 1.50. The van der Waals surface area contributed by atoms with Crippen LogP contribution in [0.3, 0.4) is 0 Å². The van der Waals surface area contributed by atoms with Gasteiger partial charge in [-0.25, -0.2) is 13.8 Å². The number of hydrogen-bond donors (Lipinski definition) is 3. The van der Waals surface area contributed by atoms with Crippen LogP contribution in [0.4, 0.5) is 8.78 Å². The highest BCUT2D eigenvalue weighted by molar-refractivity contribution is 8.26. The van der Waals surface area contributed by atoms with Gasteiger partial charge in [0.2, 0.25) is 0 Å². The third-order valence-corrected chi connectivity index (χ3v) is 6.82. The Morgan fingerprint density at radius 3 is 2.62 bits per heavy atom. The van der Waals surface area contributed by atoms with Gasteiger partial charge in [-0.2, -0.15) is 0 Å². The van der Waals surface area contributed by atoms with Crippen molar-refractivity contribution in [1.29, 1.82) is 10.8 Å². The Labute approximate surface area is 242 Å². The van der Waals surface area contributed by atoms with Gasteiger partial charge in [0.05, 0.1) is 32.1 Å². The third-order valence-electron chi connectivity index (χ3n) is 6.20. The van der Waals surface area contributed by atoms with Gasteiger partial charge in [-0.3, -0.25) is 30.0 Å². The standard InChI is InChI=1S/C28H24F2N6O5S/c1-39-22-12-33-21(26(29)30)9-19(22)18-10-24(36-7-6-16(8-25(36)37)41-17-13-40-14-17)34-11-20(18)27(38)35-28(32)42-23(31)5-4-15-2-3-15/h6-12,15,17,26,31H,2-3,13-14H2,1H3,(H2,32,35,38). The van der Waals surface area contributed by atoms with Crippen LogP contribution in [0.5, 0.6) is 11.5 Å². The number of carbonyl (C=O) groups is 1. The maximum atomic E-state index is 13.6. The SMILES string of the molecule is COc1cnc(C(F)F)cc1-c1cc(-n2ccc(OC3COC3)cc2=O)ncc1C(=O)NC(=N)SC(=N)C#CC1CC1. The van der Waals surface area contributed by atoms with E-state index in [1.54, 1.807) is 6.07 Å². The predicted octanol–water partition coefficient (Wildman–Crippen LogP) is 3.81. The number of amidine groups is 1. The molecule has 2 aliphatic rings. The minimum atomic E-state index is -2.91. The topological polar surface area (TPSA) is 152 Å². The minimum absolute atomic E-state index is 0.0871. The molecule has 0 radical (unpaired) electrons. The molecular formula is C28H24F2N6O5S. The number of ether oxygens (including phenoxy) is 3. The van der Waals surface area contributed by atoms with Gasteiger partial charge in [0.25, 0.3) is 17.9 Å². The van der Waals surface area contributed by atoms with Crippen molar-refractivity contribution in [1.82, 2.24) is 19.9 Å². The van der Waals surface area contributed by atoms with Crippen molar-refractivity contribution in [3.05, 3.63) is 64.5 Å². The summed E-state index contributed by atoms with van der Waals surface area (Å²) in [4.78, 5) is 34.2. The number of aromatic nitrogens is 3. The van der Waals surface area contributed by atoms with Crippen molar-refractivity contribution in [2.75, 3.05) is 20.3 Å². The van der Waals surface area contributed by atoms with Gasteiger partial charge < -0.3 is 19.5 Å². The number of amides is 1. The summed E-state index contributed by atoms with van der Waals surface area (Å²) in [7, 11) is 1.32. The zero-order valence-corrected chi connectivity index (χ0v) is 23.0. The molecule has 3 aromatic rings. The number of thioether (sulfide) groups is 1. The second-order valence-electron chi connectivity index (χ2n) is 9.30. The van der Waals surface area contributed by atoms with Crippen molar-refractivity contribution < 1.29 is 27.8 Å². The fourth-order valence-electron chi connectivity index (χ4n) is 3.85. The zero-order valence-electron chi connectivity index (χ0n) is 22.1. The molecular weight excluding hydrogens is 570 g/mol. The van der Waals surface area contributed by atoms with Crippen LogP contribution in [0.1, 0.15) is 35.3 Å². The molecule has 4 heterocycles. The first-order valence-electron chi connectivity index (χ1n) is 12.7. The van der Waals surface area contributed by atoms with Gasteiger partial charge in [-0.1, -0.05) is 5.92 Å². The van der Waals surface area contributed by atoms with Crippen molar-refractivity contribution in [3.63, 3.8) is 0 Å². The summed E-state index contributed by atoms with van der Waals surface area (Å²) in [6.07, 6.45) is 2.64. The average molecular weight is 595 g/mol. The Morgan fingerprint density at radius 2 is 1.98 bits per heavy atom. The molecule has 0 unspecified atom stereocenters. The molecule has 3 aromatic heterocycles. The molecule has 1 amide bonds. The highest BCUT2D eigenvalue weighted by Gasteiger charge is 2.23. The van der Waals surface area contributed by atoms with Crippen LogP contribution >= 0.6 is 11.8 Å². The van der Waals surface area contributed by atoms with Crippen molar-refractivity contribution in [2.45, 2.75) is 25.4 Å². The van der Waals surface area contributed by atoms with Gasteiger partial charge in [0.15, 0.2) is 5.17 Å². The summed E-state index contributed by atoms with van der Waals surface area (Å²) in [5.74, 6) is 5.57. The second-order valence-corrected chi connectivity index (χ2v) is 10.3. The van der Waals surface area contributed by atoms with E-state index >= 15 is 0 Å². The van der Waals surface area contributed by atoms with E-state index in [-0.39, 0.29) is 50.5 Å². The van der Waals surface area contributed by atoms with Crippen LogP contribution in [0.2, 0.25) is 0 Å². The second kappa shape index (κ2) is 12.5. The van der Waals surface area contributed by atoms with Gasteiger partial charge in [0, 0.05) is 35.5 Å². The first kappa shape index (κ1) is 28.9. The maximum Gasteiger partial charge on any atom is 0.280 e. The third kappa shape index (κ3) is 6.81. The van der Waals surface area contributed by atoms with Crippen LogP contribution < -0.4 is 20.3 Å². The molecule has 216 valence electrons. The quantitative estimate of drug-likeness (QED) is 0.212. The van der Waals surface area contributed by atoms with E-state index in [9.17, 15) is 18.4 Å². The predicted molar refractivity (Wildman–Crippen MR) is 151 cm³/mol. The number of hydrogen-bond acceptors (Lipinski definition) is 10. The number of alkyl halides is 2. The van der Waals surface area contributed by atoms with Crippen molar-refractivity contribution in [3.8, 4) is 40.3 Å². The maximum absolute atomic E-state index is 13.6. The molecule has 0 atom stereocenters. The summed E-state index contributed by atoms with van der Waals surface area (Å²) in [5.41, 5.74) is -0.944. The first-order chi connectivity index (χ1) is 20.2. The largest absolute Gasteiger partial charge is 0.494 e.